The lowest BCUT2D eigenvalue weighted by atomic mass is 10.2. The molecule has 106 valence electrons. The van der Waals surface area contributed by atoms with Gasteiger partial charge in [-0.25, -0.2) is 9.97 Å². The van der Waals surface area contributed by atoms with Gasteiger partial charge in [-0.15, -0.1) is 0 Å². The maximum Gasteiger partial charge on any atom is 0.159 e. The molecule has 0 aliphatic carbocycles. The zero-order chi connectivity index (χ0) is 14.7. The number of nitrogen functional groups attached to an aromatic ring is 1. The fourth-order valence-electron chi connectivity index (χ4n) is 2.14. The summed E-state index contributed by atoms with van der Waals surface area (Å²) in [6.45, 7) is 2.74. The topological polar surface area (TPSA) is 88.8 Å². The minimum absolute atomic E-state index is 0.500. The smallest absolute Gasteiger partial charge is 0.159 e. The van der Waals surface area contributed by atoms with Crippen LogP contribution in [0, 0.1) is 0 Å². The third kappa shape index (κ3) is 2.55. The van der Waals surface area contributed by atoms with Crippen molar-refractivity contribution in [1.29, 1.82) is 0 Å². The van der Waals surface area contributed by atoms with Crippen molar-refractivity contribution >= 4 is 33.9 Å². The molecule has 3 rings (SSSR count). The van der Waals surface area contributed by atoms with E-state index in [-0.39, 0.29) is 0 Å². The van der Waals surface area contributed by atoms with Gasteiger partial charge in [-0.2, -0.15) is 0 Å². The second-order valence-electron chi connectivity index (χ2n) is 4.52. The van der Waals surface area contributed by atoms with Crippen molar-refractivity contribution < 1.29 is 0 Å². The molecule has 6 heteroatoms. The van der Waals surface area contributed by atoms with Crippen molar-refractivity contribution in [2.24, 2.45) is 0 Å². The Morgan fingerprint density at radius 3 is 2.76 bits per heavy atom. The van der Waals surface area contributed by atoms with E-state index in [1.165, 1.54) is 6.33 Å². The van der Waals surface area contributed by atoms with E-state index in [2.05, 4.69) is 25.6 Å². The van der Waals surface area contributed by atoms with Crippen LogP contribution >= 0.6 is 0 Å². The number of nitrogens with two attached hydrogens (primary N) is 1. The summed E-state index contributed by atoms with van der Waals surface area (Å²) in [7, 11) is 0. The minimum Gasteiger partial charge on any atom is -0.393 e. The Bertz CT molecular complexity index is 766. The Morgan fingerprint density at radius 1 is 1.05 bits per heavy atom. The highest BCUT2D eigenvalue weighted by Crippen LogP contribution is 2.29. The summed E-state index contributed by atoms with van der Waals surface area (Å²) in [6.07, 6.45) is 3.26. The molecule has 0 unspecified atom stereocenters. The summed E-state index contributed by atoms with van der Waals surface area (Å²) in [4.78, 5) is 12.7. The summed E-state index contributed by atoms with van der Waals surface area (Å²) in [6, 6.07) is 9.79. The number of hydrogen-bond donors (Lipinski definition) is 3. The van der Waals surface area contributed by atoms with Gasteiger partial charge in [-0.3, -0.25) is 4.98 Å². The summed E-state index contributed by atoms with van der Waals surface area (Å²) in [5, 5.41) is 7.39. The van der Waals surface area contributed by atoms with Crippen LogP contribution in [0.3, 0.4) is 0 Å². The van der Waals surface area contributed by atoms with E-state index in [0.717, 1.165) is 23.1 Å². The van der Waals surface area contributed by atoms with Gasteiger partial charge in [-0.05, 0) is 31.2 Å². The molecule has 4 N–H and O–H groups in total. The molecule has 0 fully saturated rings. The van der Waals surface area contributed by atoms with Crippen molar-refractivity contribution in [1.82, 2.24) is 15.0 Å². The van der Waals surface area contributed by atoms with E-state index < -0.39 is 0 Å². The van der Waals surface area contributed by atoms with Crippen LogP contribution < -0.4 is 16.4 Å². The number of fused-ring (bicyclic) bond motifs is 1. The molecule has 2 heterocycles. The molecule has 0 saturated heterocycles. The van der Waals surface area contributed by atoms with Crippen LogP contribution in [0.4, 0.5) is 23.0 Å². The van der Waals surface area contributed by atoms with E-state index >= 15 is 0 Å². The van der Waals surface area contributed by atoms with E-state index in [0.29, 0.717) is 17.3 Å². The lowest BCUT2D eigenvalue weighted by Gasteiger charge is -2.13. The van der Waals surface area contributed by atoms with Gasteiger partial charge in [0, 0.05) is 23.8 Å². The van der Waals surface area contributed by atoms with Crippen molar-refractivity contribution in [2.45, 2.75) is 6.92 Å². The van der Waals surface area contributed by atoms with Crippen LogP contribution in [0.5, 0.6) is 0 Å². The summed E-state index contributed by atoms with van der Waals surface area (Å²) in [5.74, 6) is 1.21. The summed E-state index contributed by atoms with van der Waals surface area (Å²) < 4.78 is 0. The van der Waals surface area contributed by atoms with Crippen LogP contribution in [0.25, 0.3) is 10.9 Å². The zero-order valence-corrected chi connectivity index (χ0v) is 11.7. The normalized spacial score (nSPS) is 10.5. The van der Waals surface area contributed by atoms with Gasteiger partial charge in [-0.1, -0.05) is 6.07 Å². The number of nitrogens with zero attached hydrogens (tertiary/aromatic N) is 3. The van der Waals surface area contributed by atoms with E-state index in [1.54, 1.807) is 6.20 Å². The van der Waals surface area contributed by atoms with Gasteiger partial charge in [0.15, 0.2) is 11.6 Å². The third-order valence-corrected chi connectivity index (χ3v) is 3.13. The monoisotopic (exact) mass is 280 g/mol. The Kier molecular flexibility index (Phi) is 3.51. The number of nitrogens with one attached hydrogen (secondary N) is 2. The average Bonchev–Trinajstić information content (AvgIpc) is 2.52. The Labute approximate surface area is 122 Å². The largest absolute Gasteiger partial charge is 0.393 e. The Balaban J connectivity index is 2.01. The molecule has 1 aromatic carbocycles. The highest BCUT2D eigenvalue weighted by molar-refractivity contribution is 5.94. The van der Waals surface area contributed by atoms with E-state index in [1.807, 2.05) is 37.3 Å². The first kappa shape index (κ1) is 13.1. The summed E-state index contributed by atoms with van der Waals surface area (Å²) in [5.41, 5.74) is 8.43. The van der Waals surface area contributed by atoms with Crippen LogP contribution in [0.1, 0.15) is 6.92 Å². The molecular weight excluding hydrogens is 264 g/mol. The highest BCUT2D eigenvalue weighted by Gasteiger charge is 2.09. The molecule has 0 radical (unpaired) electrons. The van der Waals surface area contributed by atoms with Gasteiger partial charge in [0.05, 0.1) is 5.52 Å². The third-order valence-electron chi connectivity index (χ3n) is 3.13. The SMILES string of the molecule is CCNc1ncnc(Nc2cccc3ncccc23)c1N. The second-order valence-corrected chi connectivity index (χ2v) is 4.52. The van der Waals surface area contributed by atoms with Crippen molar-refractivity contribution in [2.75, 3.05) is 22.9 Å². The molecular formula is C15H16N6. The number of hydrogen-bond acceptors (Lipinski definition) is 6. The van der Waals surface area contributed by atoms with Gasteiger partial charge in [0.2, 0.25) is 0 Å². The Hall–Kier alpha value is -2.89. The maximum atomic E-state index is 6.10. The number of benzene rings is 1. The predicted molar refractivity (Wildman–Crippen MR) is 85.6 cm³/mol. The molecule has 0 aliphatic heterocycles. The first-order valence-corrected chi connectivity index (χ1v) is 6.74. The fourth-order valence-corrected chi connectivity index (χ4v) is 2.14. The van der Waals surface area contributed by atoms with Gasteiger partial charge >= 0.3 is 0 Å². The molecule has 0 aliphatic rings. The van der Waals surface area contributed by atoms with Crippen molar-refractivity contribution in [3.63, 3.8) is 0 Å². The number of aromatic nitrogens is 3. The minimum atomic E-state index is 0.500. The predicted octanol–water partition coefficient (Wildman–Crippen LogP) is 2.78. The van der Waals surface area contributed by atoms with Crippen LogP contribution in [-0.4, -0.2) is 21.5 Å². The van der Waals surface area contributed by atoms with Crippen molar-refractivity contribution in [3.8, 4) is 0 Å². The molecule has 0 spiro atoms. The van der Waals surface area contributed by atoms with Crippen LogP contribution in [0.15, 0.2) is 42.9 Å². The van der Waals surface area contributed by atoms with E-state index in [4.69, 9.17) is 5.73 Å². The number of rotatable bonds is 4. The molecule has 2 aromatic heterocycles. The molecule has 0 saturated carbocycles. The average molecular weight is 280 g/mol. The lowest BCUT2D eigenvalue weighted by molar-refractivity contribution is 1.12. The van der Waals surface area contributed by atoms with E-state index in [9.17, 15) is 0 Å². The van der Waals surface area contributed by atoms with Crippen LogP contribution in [-0.2, 0) is 0 Å². The zero-order valence-electron chi connectivity index (χ0n) is 11.7. The molecule has 6 nitrogen and oxygen atoms in total. The van der Waals surface area contributed by atoms with Crippen LogP contribution in [0.2, 0.25) is 0 Å². The van der Waals surface area contributed by atoms with Crippen molar-refractivity contribution in [3.05, 3.63) is 42.9 Å². The number of anilines is 4. The molecule has 21 heavy (non-hydrogen) atoms. The van der Waals surface area contributed by atoms with Gasteiger partial charge in [0.1, 0.15) is 12.0 Å². The fraction of sp³-hybridized carbons (Fsp3) is 0.133. The highest BCUT2D eigenvalue weighted by atomic mass is 15.1. The molecule has 3 aromatic rings. The maximum absolute atomic E-state index is 6.10. The molecule has 0 amide bonds. The first-order valence-electron chi connectivity index (χ1n) is 6.74. The van der Waals surface area contributed by atoms with Gasteiger partial charge < -0.3 is 16.4 Å². The first-order chi connectivity index (χ1) is 10.3. The second kappa shape index (κ2) is 5.62. The number of pyridine rings is 1. The molecule has 0 bridgehead atoms. The summed E-state index contributed by atoms with van der Waals surface area (Å²) >= 11 is 0. The lowest BCUT2D eigenvalue weighted by Crippen LogP contribution is -2.07. The quantitative estimate of drug-likeness (QED) is 0.681. The Morgan fingerprint density at radius 2 is 1.90 bits per heavy atom. The van der Waals surface area contributed by atoms with Gasteiger partial charge in [0.25, 0.3) is 0 Å². The molecule has 0 atom stereocenters. The standard InChI is InChI=1S/C15H16N6/c1-2-17-14-13(16)15(20-9-19-14)21-12-7-3-6-11-10(12)5-4-8-18-11/h3-9H,2,16H2,1H3,(H2,17,19,20,21).